The fraction of sp³-hybridized carbons (Fsp3) is 0.300. The predicted molar refractivity (Wildman–Crippen MR) is 104 cm³/mol. The van der Waals surface area contributed by atoms with E-state index in [1.54, 1.807) is 0 Å². The number of nitrogens with one attached hydrogen (secondary N) is 2. The molecule has 0 atom stereocenters. The Morgan fingerprint density at radius 3 is 2.58 bits per heavy atom. The molecule has 0 amide bonds. The first-order valence-corrected chi connectivity index (χ1v) is 8.96. The molecule has 2 aromatic carbocycles. The highest BCUT2D eigenvalue weighted by atomic mass is 32.1. The quantitative estimate of drug-likeness (QED) is 0.506. The second-order valence-corrected chi connectivity index (χ2v) is 6.43. The van der Waals surface area contributed by atoms with E-state index in [0.29, 0.717) is 5.11 Å². The summed E-state index contributed by atoms with van der Waals surface area (Å²) >= 11 is 5.34. The van der Waals surface area contributed by atoms with Crippen LogP contribution in [0, 0.1) is 0 Å². The Balaban J connectivity index is 1.54. The molecule has 0 unspecified atom stereocenters. The van der Waals surface area contributed by atoms with Gasteiger partial charge in [-0.05, 0) is 55.4 Å². The Bertz CT molecular complexity index is 710. The summed E-state index contributed by atoms with van der Waals surface area (Å²) in [4.78, 5) is 0. The van der Waals surface area contributed by atoms with E-state index in [-0.39, 0.29) is 0 Å². The average Bonchev–Trinajstić information content (AvgIpc) is 2.83. The van der Waals surface area contributed by atoms with Gasteiger partial charge in [0, 0.05) is 12.1 Å². The van der Waals surface area contributed by atoms with Crippen molar-refractivity contribution >= 4 is 23.0 Å². The third kappa shape index (κ3) is 4.65. The summed E-state index contributed by atoms with van der Waals surface area (Å²) in [7, 11) is 0. The van der Waals surface area contributed by atoms with Crippen molar-refractivity contribution in [2.75, 3.05) is 6.54 Å². The normalized spacial score (nSPS) is 15.4. The highest BCUT2D eigenvalue weighted by molar-refractivity contribution is 7.80. The first kappa shape index (κ1) is 16.7. The third-order valence-corrected chi connectivity index (χ3v) is 4.51. The maximum Gasteiger partial charge on any atom is 0.186 e. The Morgan fingerprint density at radius 1 is 0.958 bits per heavy atom. The van der Waals surface area contributed by atoms with E-state index in [2.05, 4.69) is 64.4 Å². The van der Waals surface area contributed by atoms with Crippen LogP contribution in [0.5, 0.6) is 0 Å². The SMILES string of the molecule is S=C(NCCc1ccccc1)N/N=C1\CCCCc2ccccc21. The molecule has 0 aromatic heterocycles. The predicted octanol–water partition coefficient (Wildman–Crippen LogP) is 3.82. The topological polar surface area (TPSA) is 36.4 Å². The van der Waals surface area contributed by atoms with Crippen molar-refractivity contribution in [2.24, 2.45) is 5.10 Å². The van der Waals surface area contributed by atoms with Gasteiger partial charge < -0.3 is 5.32 Å². The molecule has 0 spiro atoms. The van der Waals surface area contributed by atoms with Gasteiger partial charge in [-0.2, -0.15) is 5.10 Å². The number of hydrazone groups is 1. The van der Waals surface area contributed by atoms with Gasteiger partial charge in [0.15, 0.2) is 5.11 Å². The molecule has 4 heteroatoms. The number of rotatable bonds is 4. The third-order valence-electron chi connectivity index (χ3n) is 4.27. The number of hydrogen-bond acceptors (Lipinski definition) is 2. The Morgan fingerprint density at radius 2 is 1.71 bits per heavy atom. The Kier molecular flexibility index (Phi) is 5.96. The lowest BCUT2D eigenvalue weighted by Gasteiger charge is -2.10. The first-order valence-electron chi connectivity index (χ1n) is 8.55. The second kappa shape index (κ2) is 8.60. The molecule has 0 fully saturated rings. The summed E-state index contributed by atoms with van der Waals surface area (Å²) in [5, 5.41) is 8.38. The van der Waals surface area contributed by atoms with Gasteiger partial charge in [-0.25, -0.2) is 0 Å². The summed E-state index contributed by atoms with van der Waals surface area (Å²) in [6, 6.07) is 18.9. The molecule has 1 aliphatic rings. The van der Waals surface area contributed by atoms with Crippen molar-refractivity contribution < 1.29 is 0 Å². The fourth-order valence-corrected chi connectivity index (χ4v) is 3.15. The van der Waals surface area contributed by atoms with Crippen molar-refractivity contribution in [1.29, 1.82) is 0 Å². The maximum atomic E-state index is 5.34. The van der Waals surface area contributed by atoms with Crippen molar-refractivity contribution in [3.63, 3.8) is 0 Å². The van der Waals surface area contributed by atoms with E-state index in [9.17, 15) is 0 Å². The zero-order valence-corrected chi connectivity index (χ0v) is 14.6. The van der Waals surface area contributed by atoms with Crippen LogP contribution in [0.2, 0.25) is 0 Å². The minimum atomic E-state index is 0.583. The van der Waals surface area contributed by atoms with Crippen LogP contribution in [-0.2, 0) is 12.8 Å². The lowest BCUT2D eigenvalue weighted by Crippen LogP contribution is -2.34. The van der Waals surface area contributed by atoms with Crippen LogP contribution in [0.25, 0.3) is 0 Å². The van der Waals surface area contributed by atoms with Gasteiger partial charge in [0.1, 0.15) is 0 Å². The molecule has 0 radical (unpaired) electrons. The molecule has 3 nitrogen and oxygen atoms in total. The molecule has 124 valence electrons. The maximum absolute atomic E-state index is 5.34. The van der Waals surface area contributed by atoms with Crippen LogP contribution in [-0.4, -0.2) is 17.4 Å². The molecule has 2 aromatic rings. The lowest BCUT2D eigenvalue weighted by atomic mass is 10.0. The van der Waals surface area contributed by atoms with E-state index in [1.807, 2.05) is 6.07 Å². The van der Waals surface area contributed by atoms with Gasteiger partial charge in [-0.3, -0.25) is 5.43 Å². The van der Waals surface area contributed by atoms with Gasteiger partial charge in [0.25, 0.3) is 0 Å². The smallest absolute Gasteiger partial charge is 0.186 e. The van der Waals surface area contributed by atoms with Crippen LogP contribution >= 0.6 is 12.2 Å². The van der Waals surface area contributed by atoms with E-state index in [4.69, 9.17) is 12.2 Å². The summed E-state index contributed by atoms with van der Waals surface area (Å²) in [5.74, 6) is 0. The molecule has 0 heterocycles. The van der Waals surface area contributed by atoms with Crippen LogP contribution in [0.3, 0.4) is 0 Å². The lowest BCUT2D eigenvalue weighted by molar-refractivity contribution is 0.773. The number of nitrogens with zero attached hydrogens (tertiary/aromatic N) is 1. The minimum absolute atomic E-state index is 0.583. The zero-order valence-electron chi connectivity index (χ0n) is 13.8. The largest absolute Gasteiger partial charge is 0.361 e. The summed E-state index contributed by atoms with van der Waals surface area (Å²) < 4.78 is 0. The van der Waals surface area contributed by atoms with Gasteiger partial charge in [0.05, 0.1) is 5.71 Å². The first-order chi connectivity index (χ1) is 11.8. The second-order valence-electron chi connectivity index (χ2n) is 6.03. The number of fused-ring (bicyclic) bond motifs is 1. The Hall–Kier alpha value is -2.20. The van der Waals surface area contributed by atoms with Crippen LogP contribution < -0.4 is 10.7 Å². The molecule has 0 bridgehead atoms. The molecule has 2 N–H and O–H groups in total. The monoisotopic (exact) mass is 337 g/mol. The van der Waals surface area contributed by atoms with Crippen molar-refractivity contribution in [3.05, 3.63) is 71.3 Å². The number of hydrogen-bond donors (Lipinski definition) is 2. The van der Waals surface area contributed by atoms with E-state index < -0.39 is 0 Å². The van der Waals surface area contributed by atoms with E-state index in [0.717, 1.165) is 31.5 Å². The molecule has 1 aliphatic carbocycles. The van der Waals surface area contributed by atoms with Crippen LogP contribution in [0.1, 0.15) is 36.0 Å². The van der Waals surface area contributed by atoms with Crippen LogP contribution in [0.15, 0.2) is 59.7 Å². The van der Waals surface area contributed by atoms with Gasteiger partial charge in [0.2, 0.25) is 0 Å². The van der Waals surface area contributed by atoms with Gasteiger partial charge >= 0.3 is 0 Å². The van der Waals surface area contributed by atoms with Gasteiger partial charge in [-0.15, -0.1) is 0 Å². The van der Waals surface area contributed by atoms with E-state index >= 15 is 0 Å². The molecule has 0 saturated carbocycles. The van der Waals surface area contributed by atoms with Crippen molar-refractivity contribution in [3.8, 4) is 0 Å². The van der Waals surface area contributed by atoms with Crippen LogP contribution in [0.4, 0.5) is 0 Å². The molecule has 24 heavy (non-hydrogen) atoms. The number of aryl methyl sites for hydroxylation is 1. The standard InChI is InChI=1S/C20H23N3S/c24-20(21-15-14-16-8-2-1-3-9-16)23-22-19-13-7-5-11-17-10-4-6-12-18(17)19/h1-4,6,8-10,12H,5,7,11,13-15H2,(H2,21,23,24)/b22-19+. The number of thiocarbonyl (C=S) groups is 1. The zero-order chi connectivity index (χ0) is 16.6. The van der Waals surface area contributed by atoms with E-state index in [1.165, 1.54) is 29.5 Å². The molecule has 3 rings (SSSR count). The molecule has 0 saturated heterocycles. The number of benzene rings is 2. The van der Waals surface area contributed by atoms with Gasteiger partial charge in [-0.1, -0.05) is 54.6 Å². The highest BCUT2D eigenvalue weighted by Gasteiger charge is 2.13. The van der Waals surface area contributed by atoms with Crippen molar-refractivity contribution in [2.45, 2.75) is 32.1 Å². The fourth-order valence-electron chi connectivity index (χ4n) is 3.00. The molecule has 0 aliphatic heterocycles. The summed E-state index contributed by atoms with van der Waals surface area (Å²) in [6.45, 7) is 0.803. The summed E-state index contributed by atoms with van der Waals surface area (Å²) in [5.41, 5.74) is 8.07. The molecular formula is C20H23N3S. The highest BCUT2D eigenvalue weighted by Crippen LogP contribution is 2.20. The Labute approximate surface area is 149 Å². The minimum Gasteiger partial charge on any atom is -0.361 e. The summed E-state index contributed by atoms with van der Waals surface area (Å²) in [6.07, 6.45) is 5.47. The average molecular weight is 337 g/mol. The molecular weight excluding hydrogens is 314 g/mol. The van der Waals surface area contributed by atoms with Crippen molar-refractivity contribution in [1.82, 2.24) is 10.7 Å².